The topological polar surface area (TPSA) is 86.4 Å². The summed E-state index contributed by atoms with van der Waals surface area (Å²) in [5.74, 6) is -0.185. The van der Waals surface area contributed by atoms with E-state index in [1.165, 1.54) is 36.2 Å². The second kappa shape index (κ2) is 9.81. The largest absolute Gasteiger partial charge is 0.379 e. The molecule has 2 saturated heterocycles. The Bertz CT molecular complexity index is 1040. The number of nitrogens with one attached hydrogen (secondary N) is 2. The zero-order valence-corrected chi connectivity index (χ0v) is 18.9. The van der Waals surface area contributed by atoms with E-state index in [0.29, 0.717) is 5.69 Å². The Balaban J connectivity index is 1.36. The number of morpholine rings is 1. The summed E-state index contributed by atoms with van der Waals surface area (Å²) in [6, 6.07) is 6.41. The molecule has 32 heavy (non-hydrogen) atoms. The average molecular weight is 453 g/mol. The predicted molar refractivity (Wildman–Crippen MR) is 126 cm³/mol. The molecule has 168 valence electrons. The number of thiazole rings is 1. The number of ether oxygens (including phenoxy) is 1. The van der Waals surface area contributed by atoms with Crippen LogP contribution in [0.3, 0.4) is 0 Å². The number of benzene rings is 1. The average Bonchev–Trinajstić information content (AvgIpc) is 3.54. The molecule has 9 heteroatoms. The van der Waals surface area contributed by atoms with Crippen molar-refractivity contribution in [3.63, 3.8) is 0 Å². The first-order chi connectivity index (χ1) is 15.8. The van der Waals surface area contributed by atoms with Gasteiger partial charge in [0.2, 0.25) is 0 Å². The summed E-state index contributed by atoms with van der Waals surface area (Å²) in [6.45, 7) is 6.44. The van der Waals surface area contributed by atoms with Crippen LogP contribution in [0.4, 0.5) is 11.4 Å². The number of H-pyrrole nitrogens is 1. The van der Waals surface area contributed by atoms with Crippen LogP contribution < -0.4 is 10.2 Å². The number of carbonyl (C=O) groups excluding carboxylic acids is 1. The summed E-state index contributed by atoms with van der Waals surface area (Å²) in [4.78, 5) is 22.3. The van der Waals surface area contributed by atoms with E-state index in [0.717, 1.165) is 67.9 Å². The number of rotatable bonds is 6. The first kappa shape index (κ1) is 21.1. The van der Waals surface area contributed by atoms with Gasteiger partial charge in [0, 0.05) is 49.9 Å². The molecule has 0 bridgehead atoms. The lowest BCUT2D eigenvalue weighted by Crippen LogP contribution is -2.35. The Hall–Kier alpha value is -2.75. The van der Waals surface area contributed by atoms with E-state index in [1.54, 1.807) is 17.8 Å². The highest BCUT2D eigenvalue weighted by Gasteiger charge is 2.20. The molecule has 1 aromatic carbocycles. The normalized spacial score (nSPS) is 17.4. The number of nitrogens with zero attached hydrogens (tertiary/aromatic N) is 4. The van der Waals surface area contributed by atoms with Crippen molar-refractivity contribution in [3.8, 4) is 10.6 Å². The van der Waals surface area contributed by atoms with Gasteiger partial charge in [-0.1, -0.05) is 6.07 Å². The molecular formula is C23H28N6O2S. The van der Waals surface area contributed by atoms with Crippen LogP contribution in [0.25, 0.3) is 10.6 Å². The summed E-state index contributed by atoms with van der Waals surface area (Å²) in [6.07, 6.45) is 7.12. The third-order valence-corrected chi connectivity index (χ3v) is 6.89. The van der Waals surface area contributed by atoms with Crippen LogP contribution in [0, 0.1) is 0 Å². The van der Waals surface area contributed by atoms with E-state index in [-0.39, 0.29) is 5.91 Å². The lowest BCUT2D eigenvalue weighted by atomic mass is 10.1. The zero-order valence-electron chi connectivity index (χ0n) is 18.0. The van der Waals surface area contributed by atoms with Crippen molar-refractivity contribution in [2.24, 2.45) is 0 Å². The van der Waals surface area contributed by atoms with Crippen LogP contribution in [-0.4, -0.2) is 65.4 Å². The van der Waals surface area contributed by atoms with Crippen LogP contribution >= 0.6 is 11.3 Å². The van der Waals surface area contributed by atoms with Gasteiger partial charge in [0.15, 0.2) is 0 Å². The minimum Gasteiger partial charge on any atom is -0.379 e. The van der Waals surface area contributed by atoms with Gasteiger partial charge in [-0.05, 0) is 37.0 Å². The van der Waals surface area contributed by atoms with Gasteiger partial charge in [-0.3, -0.25) is 14.8 Å². The monoisotopic (exact) mass is 452 g/mol. The van der Waals surface area contributed by atoms with E-state index in [2.05, 4.69) is 42.4 Å². The smallest absolute Gasteiger partial charge is 0.275 e. The quantitative estimate of drug-likeness (QED) is 0.594. The molecule has 2 N–H and O–H groups in total. The Labute approximate surface area is 191 Å². The summed E-state index contributed by atoms with van der Waals surface area (Å²) in [5.41, 5.74) is 4.53. The third kappa shape index (κ3) is 4.85. The zero-order chi connectivity index (χ0) is 21.8. The second-order valence-electron chi connectivity index (χ2n) is 8.27. The van der Waals surface area contributed by atoms with E-state index < -0.39 is 0 Å². The lowest BCUT2D eigenvalue weighted by molar-refractivity contribution is 0.0342. The summed E-state index contributed by atoms with van der Waals surface area (Å²) >= 11 is 1.44. The van der Waals surface area contributed by atoms with E-state index in [1.807, 2.05) is 6.07 Å². The van der Waals surface area contributed by atoms with Crippen LogP contribution in [0.15, 0.2) is 36.0 Å². The van der Waals surface area contributed by atoms with Gasteiger partial charge in [0.1, 0.15) is 10.7 Å². The Kier molecular flexibility index (Phi) is 6.47. The van der Waals surface area contributed by atoms with E-state index >= 15 is 0 Å². The molecule has 4 heterocycles. The second-order valence-corrected chi connectivity index (χ2v) is 9.12. The van der Waals surface area contributed by atoms with E-state index in [4.69, 9.17) is 4.74 Å². The maximum Gasteiger partial charge on any atom is 0.275 e. The van der Waals surface area contributed by atoms with Crippen molar-refractivity contribution in [1.29, 1.82) is 0 Å². The van der Waals surface area contributed by atoms with Crippen molar-refractivity contribution in [1.82, 2.24) is 20.1 Å². The van der Waals surface area contributed by atoms with Crippen molar-refractivity contribution in [2.45, 2.75) is 25.8 Å². The van der Waals surface area contributed by atoms with Gasteiger partial charge in [-0.2, -0.15) is 5.10 Å². The Morgan fingerprint density at radius 2 is 2.00 bits per heavy atom. The molecule has 0 unspecified atom stereocenters. The van der Waals surface area contributed by atoms with Crippen LogP contribution in [0.2, 0.25) is 0 Å². The molecule has 0 aliphatic carbocycles. The fraction of sp³-hybridized carbons (Fsp3) is 0.435. The first-order valence-corrected chi connectivity index (χ1v) is 12.1. The number of aromatic nitrogens is 3. The molecule has 0 atom stereocenters. The fourth-order valence-electron chi connectivity index (χ4n) is 4.26. The van der Waals surface area contributed by atoms with E-state index in [9.17, 15) is 4.79 Å². The highest BCUT2D eigenvalue weighted by atomic mass is 32.1. The first-order valence-electron chi connectivity index (χ1n) is 11.2. The van der Waals surface area contributed by atoms with Gasteiger partial charge in [0.25, 0.3) is 5.91 Å². The standard InChI is InChI=1S/C23H28N6O2S/c30-22(20-16-32-23(27-20)18-13-24-25-14-18)26-19-5-4-17(15-28-8-10-31-11-9-28)12-21(19)29-6-2-1-3-7-29/h4-5,12-14,16H,1-3,6-11,15H2,(H,24,25)(H,26,30). The summed E-state index contributed by atoms with van der Waals surface area (Å²) in [5, 5.41) is 12.4. The molecule has 8 nitrogen and oxygen atoms in total. The van der Waals surface area contributed by atoms with Crippen molar-refractivity contribution in [2.75, 3.05) is 49.6 Å². The van der Waals surface area contributed by atoms with Gasteiger partial charge in [-0.15, -0.1) is 11.3 Å². The van der Waals surface area contributed by atoms with Crippen molar-refractivity contribution in [3.05, 3.63) is 47.2 Å². The summed E-state index contributed by atoms with van der Waals surface area (Å²) in [7, 11) is 0. The van der Waals surface area contributed by atoms with Gasteiger partial charge in [0.05, 0.1) is 30.8 Å². The van der Waals surface area contributed by atoms with Crippen molar-refractivity contribution >= 4 is 28.6 Å². The molecule has 0 spiro atoms. The molecule has 3 aromatic rings. The number of carbonyl (C=O) groups is 1. The Morgan fingerprint density at radius 1 is 1.16 bits per heavy atom. The van der Waals surface area contributed by atoms with Crippen LogP contribution in [0.1, 0.15) is 35.3 Å². The molecule has 1 amide bonds. The minimum atomic E-state index is -0.185. The summed E-state index contributed by atoms with van der Waals surface area (Å²) < 4.78 is 5.48. The van der Waals surface area contributed by atoms with Gasteiger partial charge >= 0.3 is 0 Å². The van der Waals surface area contributed by atoms with Gasteiger partial charge in [-0.25, -0.2) is 4.98 Å². The molecular weight excluding hydrogens is 424 g/mol. The van der Waals surface area contributed by atoms with Crippen LogP contribution in [0.5, 0.6) is 0 Å². The maximum atomic E-state index is 13.0. The Morgan fingerprint density at radius 3 is 2.78 bits per heavy atom. The SMILES string of the molecule is O=C(Nc1ccc(CN2CCOCC2)cc1N1CCCCC1)c1csc(-c2cn[nH]c2)n1. The third-order valence-electron chi connectivity index (χ3n) is 6.00. The number of amides is 1. The minimum absolute atomic E-state index is 0.185. The number of hydrogen-bond acceptors (Lipinski definition) is 7. The molecule has 2 aromatic heterocycles. The lowest BCUT2D eigenvalue weighted by Gasteiger charge is -2.32. The molecule has 2 fully saturated rings. The molecule has 5 rings (SSSR count). The molecule has 0 saturated carbocycles. The molecule has 2 aliphatic heterocycles. The number of piperidine rings is 1. The number of aromatic amines is 1. The maximum absolute atomic E-state index is 13.0. The fourth-order valence-corrected chi connectivity index (χ4v) is 5.04. The molecule has 2 aliphatic rings. The van der Waals surface area contributed by atoms with Gasteiger partial charge < -0.3 is 15.0 Å². The highest BCUT2D eigenvalue weighted by molar-refractivity contribution is 7.13. The number of hydrogen-bond donors (Lipinski definition) is 2. The molecule has 0 radical (unpaired) electrons. The highest BCUT2D eigenvalue weighted by Crippen LogP contribution is 2.31. The number of anilines is 2. The predicted octanol–water partition coefficient (Wildman–Crippen LogP) is 3.61. The van der Waals surface area contributed by atoms with Crippen molar-refractivity contribution < 1.29 is 9.53 Å². The van der Waals surface area contributed by atoms with Crippen LogP contribution in [-0.2, 0) is 11.3 Å².